The van der Waals surface area contributed by atoms with Crippen LogP contribution in [0.1, 0.15) is 12.8 Å². The first-order chi connectivity index (χ1) is 4.16. The smallest absolute Gasteiger partial charge is 0.255 e. The molecule has 2 fully saturated rings. The van der Waals surface area contributed by atoms with Crippen LogP contribution in [0.25, 0.3) is 0 Å². The predicted octanol–water partition coefficient (Wildman–Crippen LogP) is 1.43. The topological polar surface area (TPSA) is 12.0 Å². The third-order valence-electron chi connectivity index (χ3n) is 2.46. The first kappa shape index (κ1) is 8.21. The fourth-order valence-electron chi connectivity index (χ4n) is 1.59. The molecule has 60 valence electrons. The van der Waals surface area contributed by atoms with Crippen molar-refractivity contribution in [2.24, 2.45) is 5.41 Å². The third-order valence-corrected chi connectivity index (χ3v) is 2.46. The predicted molar refractivity (Wildman–Crippen MR) is 36.7 cm³/mol. The monoisotopic (exact) mass is 169 g/mol. The van der Waals surface area contributed by atoms with Gasteiger partial charge in [0.05, 0.1) is 5.41 Å². The van der Waals surface area contributed by atoms with Crippen LogP contribution in [0.15, 0.2) is 0 Å². The van der Waals surface area contributed by atoms with E-state index in [1.165, 1.54) is 0 Å². The quantitative estimate of drug-likeness (QED) is 0.579. The van der Waals surface area contributed by atoms with Crippen LogP contribution in [0.4, 0.5) is 8.78 Å². The summed E-state index contributed by atoms with van der Waals surface area (Å²) in [6.07, 6.45) is 0.785. The molecular formula is C6H10ClF2N. The Morgan fingerprint density at radius 2 is 1.90 bits per heavy atom. The normalized spacial score (nSPS) is 41.4. The second-order valence-electron chi connectivity index (χ2n) is 3.09. The van der Waals surface area contributed by atoms with Gasteiger partial charge in [-0.2, -0.15) is 0 Å². The average molecular weight is 170 g/mol. The third kappa shape index (κ3) is 0.839. The highest BCUT2D eigenvalue weighted by atomic mass is 35.5. The van der Waals surface area contributed by atoms with Gasteiger partial charge in [0.15, 0.2) is 0 Å². The summed E-state index contributed by atoms with van der Waals surface area (Å²) >= 11 is 0. The number of hydrogen-bond donors (Lipinski definition) is 1. The van der Waals surface area contributed by atoms with Gasteiger partial charge < -0.3 is 5.32 Å². The molecule has 1 saturated carbocycles. The molecule has 1 nitrogen and oxygen atoms in total. The van der Waals surface area contributed by atoms with Gasteiger partial charge in [-0.15, -0.1) is 12.4 Å². The van der Waals surface area contributed by atoms with Gasteiger partial charge in [-0.3, -0.25) is 0 Å². The molecule has 0 unspecified atom stereocenters. The van der Waals surface area contributed by atoms with Crippen LogP contribution in [0.2, 0.25) is 0 Å². The first-order valence-electron chi connectivity index (χ1n) is 3.25. The molecule has 1 spiro atoms. The van der Waals surface area contributed by atoms with Crippen LogP contribution in [0, 0.1) is 5.41 Å². The Balaban J connectivity index is 0.000000500. The molecule has 2 aliphatic rings. The Hall–Kier alpha value is 0.110. The number of rotatable bonds is 0. The molecule has 1 aliphatic heterocycles. The van der Waals surface area contributed by atoms with Gasteiger partial charge in [-0.1, -0.05) is 0 Å². The fraction of sp³-hybridized carbons (Fsp3) is 1.00. The Labute approximate surface area is 64.6 Å². The summed E-state index contributed by atoms with van der Waals surface area (Å²) in [6, 6.07) is 0. The molecule has 10 heavy (non-hydrogen) atoms. The minimum Gasteiger partial charge on any atom is -0.316 e. The lowest BCUT2D eigenvalue weighted by molar-refractivity contribution is 0.0705. The molecule has 1 N–H and O–H groups in total. The maximum Gasteiger partial charge on any atom is 0.255 e. The molecular weight excluding hydrogens is 160 g/mol. The van der Waals surface area contributed by atoms with Crippen molar-refractivity contribution in [1.29, 1.82) is 0 Å². The van der Waals surface area contributed by atoms with Crippen LogP contribution >= 0.6 is 12.4 Å². The number of halogens is 3. The minimum atomic E-state index is -2.34. The second kappa shape index (κ2) is 2.05. The standard InChI is InChI=1S/C6H9F2N.ClH/c7-6(8)3-5(6)1-2-9-4-5;/h9H,1-4H2;1H/t5-;/m0./s1. The molecule has 1 atom stereocenters. The van der Waals surface area contributed by atoms with Crippen LogP contribution in [0.5, 0.6) is 0 Å². The zero-order chi connectivity index (χ0) is 6.54. The lowest BCUT2D eigenvalue weighted by Gasteiger charge is -2.02. The van der Waals surface area contributed by atoms with E-state index in [0.717, 1.165) is 6.54 Å². The fourth-order valence-corrected chi connectivity index (χ4v) is 1.59. The molecule has 0 aromatic carbocycles. The van der Waals surface area contributed by atoms with Crippen LogP contribution < -0.4 is 5.32 Å². The molecule has 1 aliphatic carbocycles. The van der Waals surface area contributed by atoms with Crippen molar-refractivity contribution in [1.82, 2.24) is 5.32 Å². The Morgan fingerprint density at radius 3 is 2.10 bits per heavy atom. The minimum absolute atomic E-state index is 0. The largest absolute Gasteiger partial charge is 0.316 e. The molecule has 2 rings (SSSR count). The van der Waals surface area contributed by atoms with Crippen molar-refractivity contribution in [3.63, 3.8) is 0 Å². The van der Waals surface area contributed by atoms with E-state index in [9.17, 15) is 8.78 Å². The lowest BCUT2D eigenvalue weighted by atomic mass is 10.1. The van der Waals surface area contributed by atoms with E-state index in [2.05, 4.69) is 5.32 Å². The summed E-state index contributed by atoms with van der Waals surface area (Å²) in [6.45, 7) is 1.30. The molecule has 0 aromatic rings. The van der Waals surface area contributed by atoms with Crippen molar-refractivity contribution >= 4 is 12.4 Å². The van der Waals surface area contributed by atoms with Gasteiger partial charge in [-0.05, 0) is 13.0 Å². The van der Waals surface area contributed by atoms with Gasteiger partial charge in [-0.25, -0.2) is 8.78 Å². The molecule has 1 saturated heterocycles. The lowest BCUT2D eigenvalue weighted by Crippen LogP contribution is -2.15. The molecule has 0 amide bonds. The summed E-state index contributed by atoms with van der Waals surface area (Å²) in [4.78, 5) is 0. The SMILES string of the molecule is Cl.FC1(F)C[C@]12CCNC2. The zero-order valence-electron chi connectivity index (χ0n) is 5.49. The van der Waals surface area contributed by atoms with Gasteiger partial charge in [0.1, 0.15) is 0 Å². The highest BCUT2D eigenvalue weighted by Crippen LogP contribution is 2.63. The molecule has 4 heteroatoms. The molecule has 1 heterocycles. The van der Waals surface area contributed by atoms with E-state index in [4.69, 9.17) is 0 Å². The molecule has 0 aromatic heterocycles. The van der Waals surface area contributed by atoms with Crippen molar-refractivity contribution in [3.8, 4) is 0 Å². The highest BCUT2D eigenvalue weighted by Gasteiger charge is 2.71. The molecule has 0 radical (unpaired) electrons. The van der Waals surface area contributed by atoms with Crippen LogP contribution in [-0.2, 0) is 0 Å². The average Bonchev–Trinajstić information content (AvgIpc) is 2.27. The highest BCUT2D eigenvalue weighted by molar-refractivity contribution is 5.85. The summed E-state index contributed by atoms with van der Waals surface area (Å²) < 4.78 is 24.9. The summed E-state index contributed by atoms with van der Waals surface area (Å²) in [5.41, 5.74) is -0.604. The zero-order valence-corrected chi connectivity index (χ0v) is 6.31. The van der Waals surface area contributed by atoms with Gasteiger partial charge in [0, 0.05) is 13.0 Å². The van der Waals surface area contributed by atoms with Crippen LogP contribution in [0.3, 0.4) is 0 Å². The van der Waals surface area contributed by atoms with E-state index >= 15 is 0 Å². The van der Waals surface area contributed by atoms with E-state index in [-0.39, 0.29) is 18.8 Å². The Morgan fingerprint density at radius 1 is 1.30 bits per heavy atom. The Bertz CT molecular complexity index is 137. The van der Waals surface area contributed by atoms with Gasteiger partial charge >= 0.3 is 0 Å². The van der Waals surface area contributed by atoms with Crippen molar-refractivity contribution in [3.05, 3.63) is 0 Å². The van der Waals surface area contributed by atoms with Crippen molar-refractivity contribution < 1.29 is 8.78 Å². The summed E-state index contributed by atoms with van der Waals surface area (Å²) in [5, 5.41) is 2.95. The second-order valence-corrected chi connectivity index (χ2v) is 3.09. The van der Waals surface area contributed by atoms with Crippen molar-refractivity contribution in [2.45, 2.75) is 18.8 Å². The molecule has 0 bridgehead atoms. The van der Waals surface area contributed by atoms with Crippen molar-refractivity contribution in [2.75, 3.05) is 13.1 Å². The van der Waals surface area contributed by atoms with Gasteiger partial charge in [0.2, 0.25) is 0 Å². The number of alkyl halides is 2. The Kier molecular flexibility index (Phi) is 1.68. The summed E-state index contributed by atoms with van der Waals surface area (Å²) in [5.74, 6) is -2.34. The van der Waals surface area contributed by atoms with E-state index in [1.807, 2.05) is 0 Å². The first-order valence-corrected chi connectivity index (χ1v) is 3.25. The van der Waals surface area contributed by atoms with E-state index in [0.29, 0.717) is 13.0 Å². The number of nitrogens with one attached hydrogen (secondary N) is 1. The summed E-state index contributed by atoms with van der Waals surface area (Å²) in [7, 11) is 0. The maximum absolute atomic E-state index is 12.5. The van der Waals surface area contributed by atoms with Crippen LogP contribution in [-0.4, -0.2) is 19.0 Å². The number of hydrogen-bond acceptors (Lipinski definition) is 1. The van der Waals surface area contributed by atoms with E-state index < -0.39 is 11.3 Å². The van der Waals surface area contributed by atoms with E-state index in [1.54, 1.807) is 0 Å². The maximum atomic E-state index is 12.5. The van der Waals surface area contributed by atoms with Gasteiger partial charge in [0.25, 0.3) is 5.92 Å².